The van der Waals surface area contributed by atoms with Gasteiger partial charge in [0.05, 0.1) is 6.61 Å². The van der Waals surface area contributed by atoms with Crippen LogP contribution < -0.4 is 15.4 Å². The van der Waals surface area contributed by atoms with E-state index in [2.05, 4.69) is 10.6 Å². The Kier molecular flexibility index (Phi) is 6.99. The molecule has 1 unspecified atom stereocenters. The zero-order valence-corrected chi connectivity index (χ0v) is 16.6. The van der Waals surface area contributed by atoms with E-state index >= 15 is 0 Å². The molecule has 0 aliphatic carbocycles. The number of rotatable bonds is 7. The Morgan fingerprint density at radius 3 is 2.30 bits per heavy atom. The summed E-state index contributed by atoms with van der Waals surface area (Å²) in [5.41, 5.74) is 3.38. The van der Waals surface area contributed by atoms with E-state index in [9.17, 15) is 9.59 Å². The zero-order valence-electron chi connectivity index (χ0n) is 16.6. The van der Waals surface area contributed by atoms with Crippen LogP contribution in [0.15, 0.2) is 42.5 Å². The average molecular weight is 368 g/mol. The summed E-state index contributed by atoms with van der Waals surface area (Å²) in [6.07, 6.45) is 0. The molecule has 5 nitrogen and oxygen atoms in total. The van der Waals surface area contributed by atoms with E-state index in [0.29, 0.717) is 17.9 Å². The highest BCUT2D eigenvalue weighted by Gasteiger charge is 2.25. The normalized spacial score (nSPS) is 11.8. The molecule has 2 aromatic rings. The molecule has 144 valence electrons. The molecule has 2 amide bonds. The first kappa shape index (κ1) is 20.5. The van der Waals surface area contributed by atoms with E-state index in [0.717, 1.165) is 16.8 Å². The maximum Gasteiger partial charge on any atom is 0.251 e. The zero-order chi connectivity index (χ0) is 20.0. The summed E-state index contributed by atoms with van der Waals surface area (Å²) >= 11 is 0. The largest absolute Gasteiger partial charge is 0.494 e. The Hall–Kier alpha value is -2.82. The minimum Gasteiger partial charge on any atom is -0.494 e. The predicted molar refractivity (Wildman–Crippen MR) is 108 cm³/mol. The number of nitrogens with one attached hydrogen (secondary N) is 2. The first-order chi connectivity index (χ1) is 12.8. The molecule has 0 heterocycles. The molecule has 2 N–H and O–H groups in total. The summed E-state index contributed by atoms with van der Waals surface area (Å²) in [4.78, 5) is 25.4. The van der Waals surface area contributed by atoms with Crippen molar-refractivity contribution in [2.45, 2.75) is 40.7 Å². The first-order valence-electron chi connectivity index (χ1n) is 9.24. The highest BCUT2D eigenvalue weighted by atomic mass is 16.5. The second-order valence-corrected chi connectivity index (χ2v) is 6.89. The smallest absolute Gasteiger partial charge is 0.251 e. The van der Waals surface area contributed by atoms with Crippen molar-refractivity contribution in [3.8, 4) is 5.75 Å². The monoisotopic (exact) mass is 368 g/mol. The van der Waals surface area contributed by atoms with Gasteiger partial charge in [-0.25, -0.2) is 0 Å². The molecule has 0 fully saturated rings. The van der Waals surface area contributed by atoms with Gasteiger partial charge in [-0.2, -0.15) is 0 Å². The van der Waals surface area contributed by atoms with Gasteiger partial charge in [0.1, 0.15) is 11.8 Å². The number of anilines is 1. The van der Waals surface area contributed by atoms with Gasteiger partial charge in [-0.15, -0.1) is 0 Å². The van der Waals surface area contributed by atoms with Gasteiger partial charge in [-0.05, 0) is 68.1 Å². The van der Waals surface area contributed by atoms with Crippen molar-refractivity contribution in [2.75, 3.05) is 11.9 Å². The minimum atomic E-state index is -0.635. The fraction of sp³-hybridized carbons (Fsp3) is 0.364. The number of benzene rings is 2. The van der Waals surface area contributed by atoms with Crippen LogP contribution in [0.3, 0.4) is 0 Å². The highest BCUT2D eigenvalue weighted by Crippen LogP contribution is 2.19. The molecular formula is C22H28N2O3. The van der Waals surface area contributed by atoms with Crippen LogP contribution in [0.4, 0.5) is 5.69 Å². The van der Waals surface area contributed by atoms with E-state index in [1.54, 1.807) is 24.3 Å². The SMILES string of the molecule is CCOc1ccc(C(=O)NC(C(=O)Nc2cccc(C)c2C)C(C)C)cc1. The molecule has 2 rings (SSSR count). The van der Waals surface area contributed by atoms with Gasteiger partial charge in [0.25, 0.3) is 5.91 Å². The lowest BCUT2D eigenvalue weighted by atomic mass is 10.0. The molecule has 0 radical (unpaired) electrons. The van der Waals surface area contributed by atoms with Crippen LogP contribution >= 0.6 is 0 Å². The van der Waals surface area contributed by atoms with Gasteiger partial charge >= 0.3 is 0 Å². The Balaban J connectivity index is 2.10. The number of hydrogen-bond donors (Lipinski definition) is 2. The predicted octanol–water partition coefficient (Wildman–Crippen LogP) is 4.10. The van der Waals surface area contributed by atoms with E-state index in [-0.39, 0.29) is 17.7 Å². The lowest BCUT2D eigenvalue weighted by Crippen LogP contribution is -2.47. The topological polar surface area (TPSA) is 67.4 Å². The molecule has 27 heavy (non-hydrogen) atoms. The fourth-order valence-electron chi connectivity index (χ4n) is 2.73. The standard InChI is InChI=1S/C22H28N2O3/c1-6-27-18-12-10-17(11-13-18)21(25)24-20(14(2)3)22(26)23-19-9-7-8-15(4)16(19)5/h7-14,20H,6H2,1-5H3,(H,23,26)(H,24,25). The van der Waals surface area contributed by atoms with Crippen LogP contribution in [-0.4, -0.2) is 24.5 Å². The van der Waals surface area contributed by atoms with Gasteiger partial charge in [-0.3, -0.25) is 9.59 Å². The maximum atomic E-state index is 12.8. The van der Waals surface area contributed by atoms with Crippen LogP contribution in [0.1, 0.15) is 42.3 Å². The quantitative estimate of drug-likeness (QED) is 0.773. The van der Waals surface area contributed by atoms with Gasteiger partial charge < -0.3 is 15.4 Å². The van der Waals surface area contributed by atoms with Gasteiger partial charge in [-0.1, -0.05) is 26.0 Å². The Bertz CT molecular complexity index is 798. The summed E-state index contributed by atoms with van der Waals surface area (Å²) in [5, 5.41) is 5.79. The van der Waals surface area contributed by atoms with Crippen LogP contribution in [0.2, 0.25) is 0 Å². The van der Waals surface area contributed by atoms with Gasteiger partial charge in [0.2, 0.25) is 5.91 Å². The van der Waals surface area contributed by atoms with E-state index in [1.807, 2.05) is 52.8 Å². The Morgan fingerprint density at radius 2 is 1.70 bits per heavy atom. The van der Waals surface area contributed by atoms with Crippen LogP contribution in [0.25, 0.3) is 0 Å². The van der Waals surface area contributed by atoms with Crippen LogP contribution in [-0.2, 0) is 4.79 Å². The lowest BCUT2D eigenvalue weighted by molar-refractivity contribution is -0.118. The average Bonchev–Trinajstić information content (AvgIpc) is 2.64. The van der Waals surface area contributed by atoms with E-state index in [1.165, 1.54) is 0 Å². The van der Waals surface area contributed by atoms with Gasteiger partial charge in [0, 0.05) is 11.3 Å². The number of ether oxygens (including phenoxy) is 1. The summed E-state index contributed by atoms with van der Waals surface area (Å²) < 4.78 is 5.39. The molecular weight excluding hydrogens is 340 g/mol. The van der Waals surface area contributed by atoms with Crippen LogP contribution in [0.5, 0.6) is 5.75 Å². The highest BCUT2D eigenvalue weighted by molar-refractivity contribution is 6.01. The van der Waals surface area contributed by atoms with Crippen molar-refractivity contribution in [3.63, 3.8) is 0 Å². The summed E-state index contributed by atoms with van der Waals surface area (Å²) in [5.74, 6) is 0.148. The Labute approximate surface area is 161 Å². The van der Waals surface area contributed by atoms with Crippen molar-refractivity contribution >= 4 is 17.5 Å². The molecule has 2 aromatic carbocycles. The van der Waals surface area contributed by atoms with E-state index in [4.69, 9.17) is 4.74 Å². The van der Waals surface area contributed by atoms with E-state index < -0.39 is 6.04 Å². The van der Waals surface area contributed by atoms with Crippen molar-refractivity contribution < 1.29 is 14.3 Å². The summed E-state index contributed by atoms with van der Waals surface area (Å²) in [6.45, 7) is 10.3. The fourth-order valence-corrected chi connectivity index (χ4v) is 2.73. The molecule has 0 saturated heterocycles. The molecule has 0 spiro atoms. The number of hydrogen-bond acceptors (Lipinski definition) is 3. The van der Waals surface area contributed by atoms with Crippen molar-refractivity contribution in [2.24, 2.45) is 5.92 Å². The number of carbonyl (C=O) groups is 2. The maximum absolute atomic E-state index is 12.8. The molecule has 0 aliphatic rings. The molecule has 1 atom stereocenters. The van der Waals surface area contributed by atoms with Crippen molar-refractivity contribution in [1.82, 2.24) is 5.32 Å². The third-order valence-electron chi connectivity index (χ3n) is 4.53. The third kappa shape index (κ3) is 5.33. The van der Waals surface area contributed by atoms with Crippen molar-refractivity contribution in [3.05, 3.63) is 59.2 Å². The minimum absolute atomic E-state index is 0.0539. The molecule has 0 aromatic heterocycles. The molecule has 0 aliphatic heterocycles. The van der Waals surface area contributed by atoms with Crippen LogP contribution in [0, 0.1) is 19.8 Å². The second-order valence-electron chi connectivity index (χ2n) is 6.89. The summed E-state index contributed by atoms with van der Waals surface area (Å²) in [7, 11) is 0. The van der Waals surface area contributed by atoms with Gasteiger partial charge in [0.15, 0.2) is 0 Å². The number of carbonyl (C=O) groups excluding carboxylic acids is 2. The lowest BCUT2D eigenvalue weighted by Gasteiger charge is -2.22. The summed E-state index contributed by atoms with van der Waals surface area (Å²) in [6, 6.07) is 12.0. The van der Waals surface area contributed by atoms with Crippen molar-refractivity contribution in [1.29, 1.82) is 0 Å². The molecule has 0 saturated carbocycles. The number of aryl methyl sites for hydroxylation is 1. The third-order valence-corrected chi connectivity index (χ3v) is 4.53. The molecule has 5 heteroatoms. The first-order valence-corrected chi connectivity index (χ1v) is 9.24. The Morgan fingerprint density at radius 1 is 1.04 bits per heavy atom. The second kappa shape index (κ2) is 9.21. The number of amides is 2. The molecule has 0 bridgehead atoms.